The zero-order chi connectivity index (χ0) is 56.9. The van der Waals surface area contributed by atoms with E-state index in [1.54, 1.807) is 0 Å². The molecule has 448 valence electrons. The maximum Gasteiger partial charge on any atom is 0.472 e. The normalized spacial score (nSPS) is 14.0. The molecule has 0 aliphatic heterocycles. The van der Waals surface area contributed by atoms with Gasteiger partial charge in [0.15, 0.2) is 6.10 Å². The van der Waals surface area contributed by atoms with Gasteiger partial charge in [-0.2, -0.15) is 0 Å². The number of ether oxygens (including phenoxy) is 3. The quantitative estimate of drug-likeness (QED) is 0.0197. The second-order valence-electron chi connectivity index (χ2n) is 20.5. The topological polar surface area (TPSA) is 155 Å². The number of hydrogen-bond donors (Lipinski definition) is 2. The number of aliphatic hydroxyl groups is 1. The summed E-state index contributed by atoms with van der Waals surface area (Å²) in [5.74, 6) is -1.55. The number of allylic oxidation sites excluding steroid dienone is 16. The Kier molecular flexibility index (Phi) is 56.8. The van der Waals surface area contributed by atoms with Crippen LogP contribution in [0.1, 0.15) is 265 Å². The number of carbonyl (C=O) groups is 3. The fourth-order valence-corrected chi connectivity index (χ4v) is 9.02. The van der Waals surface area contributed by atoms with Gasteiger partial charge in [0.25, 0.3) is 0 Å². The third-order valence-electron chi connectivity index (χ3n) is 13.0. The molecule has 0 aromatic rings. The van der Waals surface area contributed by atoms with Gasteiger partial charge >= 0.3 is 25.7 Å². The summed E-state index contributed by atoms with van der Waals surface area (Å²) in [5.41, 5.74) is 0. The van der Waals surface area contributed by atoms with Crippen molar-refractivity contribution >= 4 is 25.7 Å². The Labute approximate surface area is 476 Å². The van der Waals surface area contributed by atoms with Crippen molar-refractivity contribution in [2.75, 3.05) is 26.4 Å². The van der Waals surface area contributed by atoms with Crippen molar-refractivity contribution < 1.29 is 52.2 Å². The summed E-state index contributed by atoms with van der Waals surface area (Å²) in [6.45, 7) is 4.45. The van der Waals surface area contributed by atoms with E-state index in [9.17, 15) is 28.9 Å². The van der Waals surface area contributed by atoms with E-state index in [0.29, 0.717) is 25.7 Å². The van der Waals surface area contributed by atoms with Gasteiger partial charge in [-0.15, -0.1) is 0 Å². The van der Waals surface area contributed by atoms with E-state index in [1.165, 1.54) is 103 Å². The lowest BCUT2D eigenvalue weighted by Crippen LogP contribution is -2.30. The molecule has 0 aliphatic rings. The van der Waals surface area contributed by atoms with Crippen molar-refractivity contribution in [1.29, 1.82) is 0 Å². The summed E-state index contributed by atoms with van der Waals surface area (Å²) >= 11 is 0. The van der Waals surface area contributed by atoms with E-state index >= 15 is 0 Å². The lowest BCUT2D eigenvalue weighted by molar-refractivity contribution is -0.161. The molecular formula is C66H113O11P. The Morgan fingerprint density at radius 1 is 0.372 bits per heavy atom. The van der Waals surface area contributed by atoms with Gasteiger partial charge in [0.05, 0.1) is 19.8 Å². The van der Waals surface area contributed by atoms with E-state index in [1.807, 2.05) is 6.08 Å². The number of carbonyl (C=O) groups excluding carboxylic acids is 3. The molecule has 3 atom stereocenters. The third kappa shape index (κ3) is 57.1. The third-order valence-corrected chi connectivity index (χ3v) is 13.9. The predicted octanol–water partition coefficient (Wildman–Crippen LogP) is 18.8. The van der Waals surface area contributed by atoms with Crippen molar-refractivity contribution in [2.45, 2.75) is 277 Å². The number of aliphatic hydroxyl groups excluding tert-OH is 1. The lowest BCUT2D eigenvalue weighted by Gasteiger charge is -2.21. The summed E-state index contributed by atoms with van der Waals surface area (Å²) in [4.78, 5) is 48.7. The van der Waals surface area contributed by atoms with Gasteiger partial charge in [0.1, 0.15) is 12.7 Å². The molecule has 11 nitrogen and oxygen atoms in total. The van der Waals surface area contributed by atoms with Crippen LogP contribution in [0, 0.1) is 0 Å². The van der Waals surface area contributed by atoms with Crippen LogP contribution in [-0.4, -0.2) is 66.5 Å². The Morgan fingerprint density at radius 2 is 0.679 bits per heavy atom. The molecule has 0 aliphatic carbocycles. The fourth-order valence-electron chi connectivity index (χ4n) is 8.24. The smallest absolute Gasteiger partial charge is 0.462 e. The lowest BCUT2D eigenvalue weighted by atomic mass is 10.1. The molecule has 0 saturated heterocycles. The molecular weight excluding hydrogens is 1000 g/mol. The molecule has 3 unspecified atom stereocenters. The molecule has 0 amide bonds. The molecule has 0 aromatic carbocycles. The number of phosphoric ester groups is 1. The minimum Gasteiger partial charge on any atom is -0.462 e. The Morgan fingerprint density at radius 3 is 1.10 bits per heavy atom. The number of rotatable bonds is 57. The van der Waals surface area contributed by atoms with Crippen LogP contribution in [-0.2, 0) is 42.2 Å². The zero-order valence-electron chi connectivity index (χ0n) is 49.6. The summed E-state index contributed by atoms with van der Waals surface area (Å²) < 4.78 is 39.6. The van der Waals surface area contributed by atoms with Crippen molar-refractivity contribution in [3.05, 3.63) is 97.2 Å². The zero-order valence-corrected chi connectivity index (χ0v) is 50.5. The highest BCUT2D eigenvalue weighted by molar-refractivity contribution is 7.47. The standard InChI is InChI=1S/C66H113O11P/c1-4-7-10-13-16-19-22-25-28-31-34-37-40-43-46-49-52-55-64(68)73-59-63(77-66(70)57-54-51-48-45-42-39-36-33-30-27-24-21-18-15-12-9-6-3)61-75-78(71,72)74-60-62(58-67)76-65(69)56-53-50-47-44-41-38-35-32-29-26-23-20-17-14-11-8-5-2/h7,10,16,18-19,21,25-30,34,37,43,46,62-63,67H,4-6,8-9,11-15,17,20,22-24,31-33,35-36,38-42,44-45,47-61H2,1-3H3,(H,71,72)/b10-7-,19-16-,21-18-,28-25-,29-26-,30-27-,37-34-,46-43-. The fraction of sp³-hybridized carbons (Fsp3) is 0.712. The molecule has 0 fully saturated rings. The van der Waals surface area contributed by atoms with Crippen LogP contribution in [0.2, 0.25) is 0 Å². The predicted molar refractivity (Wildman–Crippen MR) is 325 cm³/mol. The highest BCUT2D eigenvalue weighted by Gasteiger charge is 2.28. The number of phosphoric acid groups is 1. The van der Waals surface area contributed by atoms with Crippen LogP contribution in [0.25, 0.3) is 0 Å². The SMILES string of the molecule is CC/C=C\C/C=C\C/C=C\C/C=C\C/C=C\CCCC(=O)OCC(COP(=O)(O)OCC(CO)OC(=O)CCCCCCCCC/C=C\CCCCCCCC)OC(=O)CCCCCCCCC/C=C\C/C=C\CCCCC. The molecule has 0 bridgehead atoms. The van der Waals surface area contributed by atoms with Crippen molar-refractivity contribution in [3.8, 4) is 0 Å². The van der Waals surface area contributed by atoms with Crippen LogP contribution in [0.5, 0.6) is 0 Å². The molecule has 12 heteroatoms. The number of hydrogen-bond acceptors (Lipinski definition) is 10. The second kappa shape index (κ2) is 59.5. The maximum absolute atomic E-state index is 12.9. The van der Waals surface area contributed by atoms with Gasteiger partial charge in [0, 0.05) is 19.3 Å². The van der Waals surface area contributed by atoms with Gasteiger partial charge in [-0.3, -0.25) is 23.4 Å². The van der Waals surface area contributed by atoms with Crippen LogP contribution in [0.3, 0.4) is 0 Å². The average molecular weight is 1110 g/mol. The Hall–Kier alpha value is -3.60. The maximum atomic E-state index is 12.9. The molecule has 78 heavy (non-hydrogen) atoms. The van der Waals surface area contributed by atoms with Crippen LogP contribution in [0.15, 0.2) is 97.2 Å². The van der Waals surface area contributed by atoms with Crippen LogP contribution < -0.4 is 0 Å². The average Bonchev–Trinajstić information content (AvgIpc) is 3.43. The Balaban J connectivity index is 4.79. The van der Waals surface area contributed by atoms with E-state index in [-0.39, 0.29) is 25.9 Å². The van der Waals surface area contributed by atoms with Gasteiger partial charge in [-0.1, -0.05) is 227 Å². The second-order valence-corrected chi connectivity index (χ2v) is 21.9. The van der Waals surface area contributed by atoms with E-state index in [2.05, 4.69) is 112 Å². The largest absolute Gasteiger partial charge is 0.472 e. The molecule has 0 heterocycles. The Bertz CT molecular complexity index is 1680. The summed E-state index contributed by atoms with van der Waals surface area (Å²) in [7, 11) is -4.77. The minimum atomic E-state index is -4.77. The van der Waals surface area contributed by atoms with Crippen LogP contribution in [0.4, 0.5) is 0 Å². The highest BCUT2D eigenvalue weighted by Crippen LogP contribution is 2.43. The minimum absolute atomic E-state index is 0.143. The molecule has 0 aromatic heterocycles. The first-order valence-corrected chi connectivity index (χ1v) is 32.6. The van der Waals surface area contributed by atoms with Crippen LogP contribution >= 0.6 is 7.82 Å². The number of esters is 3. The van der Waals surface area contributed by atoms with E-state index < -0.39 is 57.8 Å². The van der Waals surface area contributed by atoms with Crippen molar-refractivity contribution in [1.82, 2.24) is 0 Å². The summed E-state index contributed by atoms with van der Waals surface area (Å²) in [6, 6.07) is 0. The van der Waals surface area contributed by atoms with Crippen molar-refractivity contribution in [3.63, 3.8) is 0 Å². The molecule has 0 saturated carbocycles. The molecule has 0 radical (unpaired) electrons. The molecule has 0 spiro atoms. The molecule has 2 N–H and O–H groups in total. The molecule has 0 rings (SSSR count). The summed E-state index contributed by atoms with van der Waals surface area (Å²) in [5, 5.41) is 9.84. The first kappa shape index (κ1) is 74.4. The van der Waals surface area contributed by atoms with Gasteiger partial charge in [-0.05, 0) is 116 Å². The van der Waals surface area contributed by atoms with Gasteiger partial charge in [-0.25, -0.2) is 4.57 Å². The van der Waals surface area contributed by atoms with E-state index in [0.717, 1.165) is 96.3 Å². The first-order valence-electron chi connectivity index (χ1n) is 31.1. The highest BCUT2D eigenvalue weighted by atomic mass is 31.2. The van der Waals surface area contributed by atoms with Gasteiger partial charge < -0.3 is 24.2 Å². The van der Waals surface area contributed by atoms with Gasteiger partial charge in [0.2, 0.25) is 0 Å². The summed E-state index contributed by atoms with van der Waals surface area (Å²) in [6.07, 6.45) is 70.8. The van der Waals surface area contributed by atoms with Crippen molar-refractivity contribution in [2.24, 2.45) is 0 Å². The number of unbranched alkanes of at least 4 members (excludes halogenated alkanes) is 24. The monoisotopic (exact) mass is 1110 g/mol. The first-order chi connectivity index (χ1) is 38.2. The van der Waals surface area contributed by atoms with E-state index in [4.69, 9.17) is 23.3 Å².